The molecular weight excluding hydrogens is 478 g/mol. The zero-order valence-corrected chi connectivity index (χ0v) is 20.5. The molecule has 0 atom stereocenters. The lowest BCUT2D eigenvalue weighted by Crippen LogP contribution is -2.25. The number of hydrogen-bond acceptors (Lipinski definition) is 7. The molecule has 0 saturated heterocycles. The van der Waals surface area contributed by atoms with Crippen LogP contribution in [0.25, 0.3) is 22.2 Å². The van der Waals surface area contributed by atoms with Crippen LogP contribution in [0.15, 0.2) is 81.3 Å². The van der Waals surface area contributed by atoms with E-state index in [1.165, 1.54) is 11.8 Å². The van der Waals surface area contributed by atoms with Gasteiger partial charge < -0.3 is 19.6 Å². The Balaban J connectivity index is 1.54. The predicted molar refractivity (Wildman–Crippen MR) is 138 cm³/mol. The Bertz CT molecular complexity index is 1590. The van der Waals surface area contributed by atoms with Crippen molar-refractivity contribution in [2.45, 2.75) is 18.6 Å². The number of methoxy groups -OCH3 is 1. The molecule has 0 aliphatic heterocycles. The fourth-order valence-electron chi connectivity index (χ4n) is 3.90. The van der Waals surface area contributed by atoms with Crippen molar-refractivity contribution in [2.75, 3.05) is 18.2 Å². The number of anilines is 1. The van der Waals surface area contributed by atoms with E-state index in [1.54, 1.807) is 30.9 Å². The van der Waals surface area contributed by atoms with Crippen LogP contribution >= 0.6 is 11.8 Å². The minimum atomic E-state index is -0.288. The minimum absolute atomic E-state index is 0.0286. The Morgan fingerprint density at radius 3 is 2.69 bits per heavy atom. The van der Waals surface area contributed by atoms with Gasteiger partial charge in [0.1, 0.15) is 22.5 Å². The van der Waals surface area contributed by atoms with Crippen molar-refractivity contribution in [2.24, 2.45) is 0 Å². The Morgan fingerprint density at radius 2 is 1.94 bits per heavy atom. The van der Waals surface area contributed by atoms with Crippen LogP contribution in [0.2, 0.25) is 0 Å². The van der Waals surface area contributed by atoms with E-state index >= 15 is 0 Å². The average molecular weight is 502 g/mol. The Morgan fingerprint density at radius 1 is 1.17 bits per heavy atom. The second-order valence-electron chi connectivity index (χ2n) is 8.05. The quantitative estimate of drug-likeness (QED) is 0.238. The molecule has 36 heavy (non-hydrogen) atoms. The van der Waals surface area contributed by atoms with Gasteiger partial charge in [0.25, 0.3) is 5.56 Å². The van der Waals surface area contributed by atoms with Gasteiger partial charge in [0.2, 0.25) is 5.91 Å². The topological polar surface area (TPSA) is 115 Å². The first-order chi connectivity index (χ1) is 17.5. The van der Waals surface area contributed by atoms with Crippen molar-refractivity contribution < 1.29 is 14.1 Å². The Hall–Kier alpha value is -4.31. The second kappa shape index (κ2) is 10.1. The largest absolute Gasteiger partial charge is 0.496 e. The highest BCUT2D eigenvalue weighted by Crippen LogP contribution is 2.29. The van der Waals surface area contributed by atoms with Gasteiger partial charge in [0.05, 0.1) is 19.4 Å². The number of carbonyl (C=O) groups is 1. The number of aryl methyl sites for hydroxylation is 1. The van der Waals surface area contributed by atoms with Crippen molar-refractivity contribution in [3.63, 3.8) is 0 Å². The molecule has 0 aliphatic rings. The van der Waals surface area contributed by atoms with E-state index in [2.05, 4.69) is 15.5 Å². The molecule has 0 fully saturated rings. The van der Waals surface area contributed by atoms with E-state index in [0.717, 1.165) is 16.7 Å². The fraction of sp³-hybridized carbons (Fsp3) is 0.154. The van der Waals surface area contributed by atoms with Crippen molar-refractivity contribution >= 4 is 34.5 Å². The number of carbonyl (C=O) groups excluding carboxylic acids is 1. The molecule has 0 saturated carbocycles. The van der Waals surface area contributed by atoms with E-state index in [0.29, 0.717) is 33.5 Å². The first kappa shape index (κ1) is 23.4. The maximum Gasteiger partial charge on any atom is 0.278 e. The molecule has 2 N–H and O–H groups in total. The molecule has 182 valence electrons. The summed E-state index contributed by atoms with van der Waals surface area (Å²) in [5, 5.41) is 6.91. The molecule has 0 bridgehead atoms. The van der Waals surface area contributed by atoms with E-state index in [1.807, 2.05) is 54.6 Å². The number of para-hydroxylation sites is 1. The van der Waals surface area contributed by atoms with Crippen LogP contribution in [-0.2, 0) is 11.3 Å². The number of thioether (sulfide) groups is 1. The smallest absolute Gasteiger partial charge is 0.278 e. The van der Waals surface area contributed by atoms with Crippen molar-refractivity contribution in [3.8, 4) is 16.9 Å². The molecule has 2 aromatic carbocycles. The number of benzene rings is 2. The van der Waals surface area contributed by atoms with Gasteiger partial charge in [-0.1, -0.05) is 65.4 Å². The van der Waals surface area contributed by atoms with Gasteiger partial charge in [-0.3, -0.25) is 14.2 Å². The van der Waals surface area contributed by atoms with Crippen molar-refractivity contribution in [1.29, 1.82) is 0 Å². The minimum Gasteiger partial charge on any atom is -0.496 e. The van der Waals surface area contributed by atoms with Crippen LogP contribution in [0.3, 0.4) is 0 Å². The van der Waals surface area contributed by atoms with E-state index in [4.69, 9.17) is 14.2 Å². The number of aromatic nitrogens is 4. The Labute approximate surface area is 210 Å². The first-order valence-corrected chi connectivity index (χ1v) is 12.2. The van der Waals surface area contributed by atoms with Gasteiger partial charge in [0, 0.05) is 23.4 Å². The highest BCUT2D eigenvalue weighted by molar-refractivity contribution is 7.99. The van der Waals surface area contributed by atoms with Crippen LogP contribution in [-0.4, -0.2) is 38.5 Å². The number of nitrogens with zero attached hydrogens (tertiary/aromatic N) is 3. The molecule has 5 aromatic rings. The molecule has 10 heteroatoms. The zero-order valence-electron chi connectivity index (χ0n) is 19.6. The maximum atomic E-state index is 13.7. The van der Waals surface area contributed by atoms with Gasteiger partial charge in [-0.2, -0.15) is 0 Å². The molecule has 9 nitrogen and oxygen atoms in total. The van der Waals surface area contributed by atoms with Crippen LogP contribution in [0.4, 0.5) is 5.82 Å². The number of nitrogens with one attached hydrogen (secondary N) is 2. The third-order valence-corrected chi connectivity index (χ3v) is 6.56. The number of fused-ring (bicyclic) bond motifs is 1. The summed E-state index contributed by atoms with van der Waals surface area (Å²) >= 11 is 1.18. The van der Waals surface area contributed by atoms with Gasteiger partial charge in [0.15, 0.2) is 11.0 Å². The predicted octanol–water partition coefficient (Wildman–Crippen LogP) is 4.48. The highest BCUT2D eigenvalue weighted by Gasteiger charge is 2.19. The van der Waals surface area contributed by atoms with Crippen LogP contribution in [0.5, 0.6) is 5.75 Å². The molecule has 0 aliphatic carbocycles. The second-order valence-corrected chi connectivity index (χ2v) is 8.99. The summed E-state index contributed by atoms with van der Waals surface area (Å²) in [5.74, 6) is 1.34. The fourth-order valence-corrected chi connectivity index (χ4v) is 4.69. The molecule has 1 amide bonds. The molecular formula is C26H23N5O4S. The summed E-state index contributed by atoms with van der Waals surface area (Å²) in [5.41, 5.74) is 3.29. The third-order valence-electron chi connectivity index (χ3n) is 5.58. The maximum absolute atomic E-state index is 13.7. The normalized spacial score (nSPS) is 11.1. The van der Waals surface area contributed by atoms with E-state index in [-0.39, 0.29) is 23.8 Å². The zero-order chi connectivity index (χ0) is 25.1. The lowest BCUT2D eigenvalue weighted by atomic mass is 10.1. The summed E-state index contributed by atoms with van der Waals surface area (Å²) in [4.78, 5) is 34.2. The molecule has 0 radical (unpaired) electrons. The van der Waals surface area contributed by atoms with Crippen molar-refractivity contribution in [3.05, 3.63) is 88.5 Å². The van der Waals surface area contributed by atoms with E-state index in [9.17, 15) is 9.59 Å². The molecule has 3 aromatic heterocycles. The number of H-pyrrole nitrogens is 1. The number of aromatic amines is 1. The molecule has 0 unspecified atom stereocenters. The van der Waals surface area contributed by atoms with Gasteiger partial charge in [-0.25, -0.2) is 4.98 Å². The number of ether oxygens (including phenoxy) is 1. The monoisotopic (exact) mass is 501 g/mol. The average Bonchev–Trinajstić information content (AvgIpc) is 3.51. The number of hydrogen-bond donors (Lipinski definition) is 2. The number of amides is 1. The summed E-state index contributed by atoms with van der Waals surface area (Å²) in [6.45, 7) is 1.98. The van der Waals surface area contributed by atoms with Crippen molar-refractivity contribution in [1.82, 2.24) is 19.7 Å². The summed E-state index contributed by atoms with van der Waals surface area (Å²) < 4.78 is 12.0. The lowest BCUT2D eigenvalue weighted by Gasteiger charge is -2.14. The summed E-state index contributed by atoms with van der Waals surface area (Å²) in [6, 6.07) is 18.9. The summed E-state index contributed by atoms with van der Waals surface area (Å²) in [7, 11) is 1.59. The molecule has 3 heterocycles. The molecule has 0 spiro atoms. The Kier molecular flexibility index (Phi) is 6.59. The number of rotatable bonds is 8. The van der Waals surface area contributed by atoms with Crippen LogP contribution in [0, 0.1) is 6.92 Å². The molecule has 5 rings (SSSR count). The SMILES string of the molecule is COc1ccccc1Cn1c(SCC(=O)Nc2cc(C)on2)nc2c(-c3ccccc3)c[nH]c2c1=O. The van der Waals surface area contributed by atoms with Crippen LogP contribution < -0.4 is 15.6 Å². The first-order valence-electron chi connectivity index (χ1n) is 11.2. The van der Waals surface area contributed by atoms with Gasteiger partial charge in [-0.15, -0.1) is 0 Å². The standard InChI is InChI=1S/C26H23N5O4S/c1-16-12-21(30-35-16)28-22(32)15-36-26-29-23-19(17-8-4-3-5-9-17)13-27-24(23)25(33)31(26)14-18-10-6-7-11-20(18)34-2/h3-13,27H,14-15H2,1-2H3,(H,28,30,32). The van der Waals surface area contributed by atoms with Gasteiger partial charge in [-0.05, 0) is 18.6 Å². The van der Waals surface area contributed by atoms with Crippen LogP contribution in [0.1, 0.15) is 11.3 Å². The van der Waals surface area contributed by atoms with Gasteiger partial charge >= 0.3 is 0 Å². The lowest BCUT2D eigenvalue weighted by molar-refractivity contribution is -0.113. The third kappa shape index (κ3) is 4.76. The highest BCUT2D eigenvalue weighted by atomic mass is 32.2. The summed E-state index contributed by atoms with van der Waals surface area (Å²) in [6.07, 6.45) is 1.79. The van der Waals surface area contributed by atoms with E-state index < -0.39 is 0 Å².